The van der Waals surface area contributed by atoms with Gasteiger partial charge in [0, 0.05) is 45.1 Å². The van der Waals surface area contributed by atoms with Gasteiger partial charge in [-0.2, -0.15) is 5.10 Å². The van der Waals surface area contributed by atoms with E-state index in [1.54, 1.807) is 13.3 Å². The molecule has 2 heterocycles. The maximum absolute atomic E-state index is 11.2. The summed E-state index contributed by atoms with van der Waals surface area (Å²) in [5, 5.41) is 15.3. The highest BCUT2D eigenvalue weighted by molar-refractivity contribution is 5.28. The zero-order valence-electron chi connectivity index (χ0n) is 19.6. The minimum Gasteiger partial charge on any atom is -0.497 e. The van der Waals surface area contributed by atoms with Crippen molar-refractivity contribution in [2.45, 2.75) is 31.7 Å². The van der Waals surface area contributed by atoms with Crippen molar-refractivity contribution in [3.63, 3.8) is 0 Å². The zero-order chi connectivity index (χ0) is 23.1. The van der Waals surface area contributed by atoms with Gasteiger partial charge in [0.2, 0.25) is 0 Å². The fourth-order valence-corrected chi connectivity index (χ4v) is 4.44. The molecule has 0 amide bonds. The standard InChI is InChI=1S/C26H34N4O3/c1-28(18-22-4-8-24(32-2)9-5-22)20-26(31)12-15-29(21-26)19-23-6-10-25(11-7-23)33-17-16-30-14-3-13-27-30/h3-11,13-14,31H,12,15-21H2,1-2H3/t26-/m0/s1. The molecule has 1 atom stereocenters. The lowest BCUT2D eigenvalue weighted by Crippen LogP contribution is -2.43. The summed E-state index contributed by atoms with van der Waals surface area (Å²) < 4.78 is 12.9. The van der Waals surface area contributed by atoms with Crippen molar-refractivity contribution in [2.75, 3.05) is 40.4 Å². The van der Waals surface area contributed by atoms with Crippen molar-refractivity contribution in [2.24, 2.45) is 0 Å². The third-order valence-corrected chi connectivity index (χ3v) is 6.06. The van der Waals surface area contributed by atoms with E-state index in [-0.39, 0.29) is 0 Å². The number of hydrogen-bond donors (Lipinski definition) is 1. The van der Waals surface area contributed by atoms with Crippen LogP contribution in [0.2, 0.25) is 0 Å². The molecule has 0 unspecified atom stereocenters. The van der Waals surface area contributed by atoms with Gasteiger partial charge in [0.05, 0.1) is 19.3 Å². The third kappa shape index (κ3) is 6.81. The van der Waals surface area contributed by atoms with Crippen molar-refractivity contribution in [3.8, 4) is 11.5 Å². The second-order valence-corrected chi connectivity index (χ2v) is 8.97. The van der Waals surface area contributed by atoms with Crippen molar-refractivity contribution in [1.29, 1.82) is 0 Å². The Bertz CT molecular complexity index is 976. The van der Waals surface area contributed by atoms with Crippen molar-refractivity contribution < 1.29 is 14.6 Å². The normalized spacial score (nSPS) is 18.7. The molecule has 4 rings (SSSR count). The molecule has 176 valence electrons. The summed E-state index contributed by atoms with van der Waals surface area (Å²) in [7, 11) is 3.74. The first kappa shape index (κ1) is 23.3. The van der Waals surface area contributed by atoms with E-state index in [9.17, 15) is 5.11 Å². The van der Waals surface area contributed by atoms with Gasteiger partial charge >= 0.3 is 0 Å². The third-order valence-electron chi connectivity index (χ3n) is 6.06. The molecule has 7 nitrogen and oxygen atoms in total. The number of benzene rings is 2. The first-order valence-electron chi connectivity index (χ1n) is 11.5. The van der Waals surface area contributed by atoms with E-state index in [0.717, 1.165) is 44.1 Å². The molecule has 7 heteroatoms. The molecule has 3 aromatic rings. The Kier molecular flexibility index (Phi) is 7.65. The van der Waals surface area contributed by atoms with Crippen molar-refractivity contribution >= 4 is 0 Å². The molecule has 0 bridgehead atoms. The summed E-state index contributed by atoms with van der Waals surface area (Å²) in [6, 6.07) is 18.3. The van der Waals surface area contributed by atoms with Crippen molar-refractivity contribution in [3.05, 3.63) is 78.1 Å². The average Bonchev–Trinajstić information content (AvgIpc) is 3.45. The van der Waals surface area contributed by atoms with Gasteiger partial charge in [-0.15, -0.1) is 0 Å². The number of likely N-dealkylation sites (N-methyl/N-ethyl adjacent to an activating group) is 1. The number of likely N-dealkylation sites (tertiary alicyclic amines) is 1. The number of ether oxygens (including phenoxy) is 2. The predicted molar refractivity (Wildman–Crippen MR) is 128 cm³/mol. The smallest absolute Gasteiger partial charge is 0.119 e. The Labute approximate surface area is 196 Å². The van der Waals surface area contributed by atoms with Gasteiger partial charge in [0.1, 0.15) is 18.1 Å². The van der Waals surface area contributed by atoms with Crippen LogP contribution in [0.25, 0.3) is 0 Å². The summed E-state index contributed by atoms with van der Waals surface area (Å²) in [6.07, 6.45) is 4.49. The molecular weight excluding hydrogens is 416 g/mol. The zero-order valence-corrected chi connectivity index (χ0v) is 19.6. The van der Waals surface area contributed by atoms with Crippen LogP contribution < -0.4 is 9.47 Å². The second-order valence-electron chi connectivity index (χ2n) is 8.97. The first-order chi connectivity index (χ1) is 16.0. The van der Waals surface area contributed by atoms with E-state index in [1.807, 2.05) is 41.2 Å². The molecule has 1 aliphatic heterocycles. The van der Waals surface area contributed by atoms with Crippen LogP contribution in [0.15, 0.2) is 67.0 Å². The summed E-state index contributed by atoms with van der Waals surface area (Å²) in [5.74, 6) is 1.73. The number of nitrogens with zero attached hydrogens (tertiary/aromatic N) is 4. The molecule has 0 radical (unpaired) electrons. The monoisotopic (exact) mass is 450 g/mol. The van der Waals surface area contributed by atoms with Crippen LogP contribution in [0.3, 0.4) is 0 Å². The van der Waals surface area contributed by atoms with Crippen LogP contribution in [0, 0.1) is 0 Å². The van der Waals surface area contributed by atoms with Crippen LogP contribution in [0.5, 0.6) is 11.5 Å². The Morgan fingerprint density at radius 3 is 2.48 bits per heavy atom. The highest BCUT2D eigenvalue weighted by Crippen LogP contribution is 2.25. The summed E-state index contributed by atoms with van der Waals surface area (Å²) in [6.45, 7) is 5.18. The summed E-state index contributed by atoms with van der Waals surface area (Å²) >= 11 is 0. The average molecular weight is 451 g/mol. The molecule has 2 aromatic carbocycles. The Morgan fingerprint density at radius 2 is 1.79 bits per heavy atom. The Morgan fingerprint density at radius 1 is 1.06 bits per heavy atom. The Hall–Kier alpha value is -2.87. The van der Waals surface area contributed by atoms with Gasteiger partial charge in [0.15, 0.2) is 0 Å². The number of aromatic nitrogens is 2. The minimum absolute atomic E-state index is 0.588. The molecular formula is C26H34N4O3. The van der Waals surface area contributed by atoms with Crippen LogP contribution in [-0.2, 0) is 19.6 Å². The quantitative estimate of drug-likeness (QED) is 0.485. The fourth-order valence-electron chi connectivity index (χ4n) is 4.44. The lowest BCUT2D eigenvalue weighted by molar-refractivity contribution is 0.0162. The lowest BCUT2D eigenvalue weighted by atomic mass is 10.0. The molecule has 0 aliphatic carbocycles. The van der Waals surface area contributed by atoms with E-state index >= 15 is 0 Å². The maximum atomic E-state index is 11.2. The highest BCUT2D eigenvalue weighted by Gasteiger charge is 2.36. The highest BCUT2D eigenvalue weighted by atomic mass is 16.5. The first-order valence-corrected chi connectivity index (χ1v) is 11.5. The van der Waals surface area contributed by atoms with E-state index in [0.29, 0.717) is 19.7 Å². The van der Waals surface area contributed by atoms with Crippen molar-refractivity contribution in [1.82, 2.24) is 19.6 Å². The number of β-amino-alcohol motifs (C(OH)–C–C–N with tert-alkyl or cyclic N) is 1. The van der Waals surface area contributed by atoms with E-state index in [4.69, 9.17) is 9.47 Å². The second kappa shape index (κ2) is 10.8. The molecule has 0 spiro atoms. The SMILES string of the molecule is COc1ccc(CN(C)C[C@@]2(O)CCN(Cc3ccc(OCCn4cccn4)cc3)C2)cc1. The molecule has 1 aliphatic rings. The van der Waals surface area contributed by atoms with E-state index in [1.165, 1.54) is 11.1 Å². The molecule has 1 saturated heterocycles. The number of rotatable bonds is 11. The van der Waals surface area contributed by atoms with E-state index in [2.05, 4.69) is 46.2 Å². The fraction of sp³-hybridized carbons (Fsp3) is 0.423. The van der Waals surface area contributed by atoms with Gasteiger partial charge in [-0.1, -0.05) is 24.3 Å². The van der Waals surface area contributed by atoms with E-state index < -0.39 is 5.60 Å². The molecule has 1 fully saturated rings. The topological polar surface area (TPSA) is 63.0 Å². The minimum atomic E-state index is -0.684. The maximum Gasteiger partial charge on any atom is 0.119 e. The van der Waals surface area contributed by atoms with Crippen LogP contribution >= 0.6 is 0 Å². The van der Waals surface area contributed by atoms with Gasteiger partial charge in [-0.05, 0) is 54.9 Å². The molecule has 33 heavy (non-hydrogen) atoms. The number of methoxy groups -OCH3 is 1. The lowest BCUT2D eigenvalue weighted by Gasteiger charge is -2.29. The summed E-state index contributed by atoms with van der Waals surface area (Å²) in [5.41, 5.74) is 1.76. The van der Waals surface area contributed by atoms with Crippen LogP contribution in [-0.4, -0.2) is 70.7 Å². The molecule has 1 N–H and O–H groups in total. The Balaban J connectivity index is 1.21. The molecule has 1 aromatic heterocycles. The summed E-state index contributed by atoms with van der Waals surface area (Å²) in [4.78, 5) is 4.52. The number of hydrogen-bond acceptors (Lipinski definition) is 6. The van der Waals surface area contributed by atoms with Gasteiger partial charge in [-0.25, -0.2) is 0 Å². The largest absolute Gasteiger partial charge is 0.497 e. The van der Waals surface area contributed by atoms with Gasteiger partial charge < -0.3 is 14.6 Å². The molecule has 0 saturated carbocycles. The van der Waals surface area contributed by atoms with Crippen LogP contribution in [0.1, 0.15) is 17.5 Å². The van der Waals surface area contributed by atoms with Crippen LogP contribution in [0.4, 0.5) is 0 Å². The number of aliphatic hydroxyl groups is 1. The predicted octanol–water partition coefficient (Wildman–Crippen LogP) is 3.04. The van der Waals surface area contributed by atoms with Gasteiger partial charge in [-0.3, -0.25) is 14.5 Å². The van der Waals surface area contributed by atoms with Gasteiger partial charge in [0.25, 0.3) is 0 Å².